The topological polar surface area (TPSA) is 42.4 Å². The van der Waals surface area contributed by atoms with Crippen LogP contribution >= 0.6 is 0 Å². The van der Waals surface area contributed by atoms with Gasteiger partial charge >= 0.3 is 6.09 Å². The molecule has 0 radical (unpaired) electrons. The molecule has 0 aliphatic rings. The van der Waals surface area contributed by atoms with Gasteiger partial charge in [0, 0.05) is 18.8 Å². The van der Waals surface area contributed by atoms with E-state index in [-0.39, 0.29) is 6.09 Å². The molecule has 0 atom stereocenters. The highest BCUT2D eigenvalue weighted by Gasteiger charge is 2.19. The molecule has 0 unspecified atom stereocenters. The second-order valence-electron chi connectivity index (χ2n) is 6.25. The monoisotopic (exact) mass is 298 g/mol. The van der Waals surface area contributed by atoms with Gasteiger partial charge < -0.3 is 9.64 Å². The molecule has 2 aromatic rings. The Morgan fingerprint density at radius 2 is 1.82 bits per heavy atom. The molecule has 1 heterocycles. The van der Waals surface area contributed by atoms with E-state index >= 15 is 0 Å². The van der Waals surface area contributed by atoms with E-state index in [2.05, 4.69) is 4.98 Å². The Kier molecular flexibility index (Phi) is 4.81. The molecular formula is C18H22N2O2. The summed E-state index contributed by atoms with van der Waals surface area (Å²) >= 11 is 0. The number of pyridine rings is 1. The first-order valence-electron chi connectivity index (χ1n) is 7.29. The van der Waals surface area contributed by atoms with E-state index in [9.17, 15) is 4.79 Å². The van der Waals surface area contributed by atoms with Crippen LogP contribution in [0.15, 0.2) is 48.7 Å². The molecule has 0 bridgehead atoms. The average molecular weight is 298 g/mol. The maximum absolute atomic E-state index is 11.9. The van der Waals surface area contributed by atoms with Gasteiger partial charge in [0.1, 0.15) is 5.60 Å². The summed E-state index contributed by atoms with van der Waals surface area (Å²) in [5, 5.41) is 0. The van der Waals surface area contributed by atoms with Crippen molar-refractivity contribution in [2.24, 2.45) is 0 Å². The quantitative estimate of drug-likeness (QED) is 0.856. The van der Waals surface area contributed by atoms with E-state index in [1.54, 1.807) is 18.1 Å². The standard InChI is InChI=1S/C18H22N2O2/c1-18(2,3)22-17(21)20(4)13-14-10-11-16(19-12-14)15-8-6-5-7-9-15/h5-12H,13H2,1-4H3. The number of nitrogens with zero attached hydrogens (tertiary/aromatic N) is 2. The van der Waals surface area contributed by atoms with Crippen molar-refractivity contribution in [1.82, 2.24) is 9.88 Å². The van der Waals surface area contributed by atoms with E-state index in [0.717, 1.165) is 16.8 Å². The van der Waals surface area contributed by atoms with E-state index in [1.807, 2.05) is 63.2 Å². The molecule has 2 rings (SSSR count). The molecule has 0 saturated heterocycles. The van der Waals surface area contributed by atoms with E-state index in [4.69, 9.17) is 4.74 Å². The molecule has 0 fully saturated rings. The van der Waals surface area contributed by atoms with E-state index in [1.165, 1.54) is 0 Å². The number of hydrogen-bond acceptors (Lipinski definition) is 3. The molecule has 0 saturated carbocycles. The fourth-order valence-electron chi connectivity index (χ4n) is 1.98. The number of carbonyl (C=O) groups excluding carboxylic acids is 1. The maximum Gasteiger partial charge on any atom is 0.410 e. The van der Waals surface area contributed by atoms with Crippen LogP contribution in [0.4, 0.5) is 4.79 Å². The molecule has 4 nitrogen and oxygen atoms in total. The molecule has 22 heavy (non-hydrogen) atoms. The third kappa shape index (κ3) is 4.58. The number of carbonyl (C=O) groups is 1. The molecule has 0 aliphatic heterocycles. The second-order valence-corrected chi connectivity index (χ2v) is 6.25. The second kappa shape index (κ2) is 6.60. The number of rotatable bonds is 3. The van der Waals surface area contributed by atoms with Crippen molar-refractivity contribution in [3.05, 3.63) is 54.2 Å². The molecule has 0 spiro atoms. The van der Waals surface area contributed by atoms with Crippen molar-refractivity contribution < 1.29 is 9.53 Å². The lowest BCUT2D eigenvalue weighted by molar-refractivity contribution is 0.0285. The fourth-order valence-corrected chi connectivity index (χ4v) is 1.98. The van der Waals surface area contributed by atoms with Crippen molar-refractivity contribution in [3.63, 3.8) is 0 Å². The number of benzene rings is 1. The number of ether oxygens (including phenoxy) is 1. The number of hydrogen-bond donors (Lipinski definition) is 0. The molecule has 0 N–H and O–H groups in total. The van der Waals surface area contributed by atoms with E-state index < -0.39 is 5.60 Å². The Hall–Kier alpha value is -2.36. The lowest BCUT2D eigenvalue weighted by Crippen LogP contribution is -2.33. The summed E-state index contributed by atoms with van der Waals surface area (Å²) in [6.45, 7) is 6.04. The molecule has 1 aromatic carbocycles. The molecule has 116 valence electrons. The van der Waals surface area contributed by atoms with Gasteiger partial charge in [-0.25, -0.2) is 4.79 Å². The van der Waals surface area contributed by atoms with Gasteiger partial charge in [-0.1, -0.05) is 36.4 Å². The zero-order chi connectivity index (χ0) is 16.2. The minimum absolute atomic E-state index is 0.334. The van der Waals surface area contributed by atoms with Gasteiger partial charge in [-0.05, 0) is 32.4 Å². The largest absolute Gasteiger partial charge is 0.444 e. The first kappa shape index (κ1) is 16.0. The summed E-state index contributed by atoms with van der Waals surface area (Å²) in [7, 11) is 1.72. The first-order valence-corrected chi connectivity index (χ1v) is 7.29. The summed E-state index contributed by atoms with van der Waals surface area (Å²) in [5.41, 5.74) is 2.48. The van der Waals surface area contributed by atoms with Crippen LogP contribution in [0.5, 0.6) is 0 Å². The molecular weight excluding hydrogens is 276 g/mol. The van der Waals surface area contributed by atoms with Crippen LogP contribution < -0.4 is 0 Å². The third-order valence-electron chi connectivity index (χ3n) is 3.02. The average Bonchev–Trinajstić information content (AvgIpc) is 2.47. The Morgan fingerprint density at radius 3 is 2.36 bits per heavy atom. The van der Waals surface area contributed by atoms with Crippen molar-refractivity contribution in [1.29, 1.82) is 0 Å². The fraction of sp³-hybridized carbons (Fsp3) is 0.333. The molecule has 0 aliphatic carbocycles. The summed E-state index contributed by atoms with van der Waals surface area (Å²) in [6, 6.07) is 13.9. The summed E-state index contributed by atoms with van der Waals surface area (Å²) in [4.78, 5) is 17.9. The van der Waals surface area contributed by atoms with Crippen molar-refractivity contribution in [3.8, 4) is 11.3 Å². The Morgan fingerprint density at radius 1 is 1.14 bits per heavy atom. The van der Waals surface area contributed by atoms with Crippen LogP contribution in [0, 0.1) is 0 Å². The SMILES string of the molecule is CN(Cc1ccc(-c2ccccc2)nc1)C(=O)OC(C)(C)C. The van der Waals surface area contributed by atoms with Gasteiger partial charge in [-0.2, -0.15) is 0 Å². The minimum atomic E-state index is -0.485. The minimum Gasteiger partial charge on any atom is -0.444 e. The van der Waals surface area contributed by atoms with Gasteiger partial charge in [0.15, 0.2) is 0 Å². The van der Waals surface area contributed by atoms with Gasteiger partial charge in [0.25, 0.3) is 0 Å². The first-order chi connectivity index (χ1) is 10.3. The predicted octanol–water partition coefficient (Wildman–Crippen LogP) is 4.12. The van der Waals surface area contributed by atoms with Gasteiger partial charge in [0.05, 0.1) is 12.2 Å². The van der Waals surface area contributed by atoms with Crippen LogP contribution in [0.25, 0.3) is 11.3 Å². The molecule has 4 heteroatoms. The van der Waals surface area contributed by atoms with Crippen LogP contribution in [0.1, 0.15) is 26.3 Å². The highest BCUT2D eigenvalue weighted by Crippen LogP contribution is 2.17. The van der Waals surface area contributed by atoms with Gasteiger partial charge in [0.2, 0.25) is 0 Å². The number of aromatic nitrogens is 1. The van der Waals surface area contributed by atoms with Crippen LogP contribution in [0.3, 0.4) is 0 Å². The highest BCUT2D eigenvalue weighted by atomic mass is 16.6. The van der Waals surface area contributed by atoms with Gasteiger partial charge in [-0.3, -0.25) is 4.98 Å². The third-order valence-corrected chi connectivity index (χ3v) is 3.02. The Balaban J connectivity index is 2.01. The Labute approximate surface area is 131 Å². The van der Waals surface area contributed by atoms with Crippen LogP contribution in [-0.4, -0.2) is 28.6 Å². The number of amides is 1. The predicted molar refractivity (Wildman–Crippen MR) is 87.4 cm³/mol. The smallest absolute Gasteiger partial charge is 0.410 e. The van der Waals surface area contributed by atoms with Crippen molar-refractivity contribution >= 4 is 6.09 Å². The van der Waals surface area contributed by atoms with Crippen molar-refractivity contribution in [2.45, 2.75) is 32.9 Å². The molecule has 1 aromatic heterocycles. The van der Waals surface area contributed by atoms with E-state index in [0.29, 0.717) is 6.54 Å². The normalized spacial score (nSPS) is 11.1. The maximum atomic E-state index is 11.9. The molecule has 1 amide bonds. The highest BCUT2D eigenvalue weighted by molar-refractivity contribution is 5.67. The summed E-state index contributed by atoms with van der Waals surface area (Å²) in [6.07, 6.45) is 1.46. The Bertz CT molecular complexity index is 616. The van der Waals surface area contributed by atoms with Crippen LogP contribution in [0.2, 0.25) is 0 Å². The zero-order valence-electron chi connectivity index (χ0n) is 13.5. The van der Waals surface area contributed by atoms with Gasteiger partial charge in [-0.15, -0.1) is 0 Å². The lowest BCUT2D eigenvalue weighted by atomic mass is 10.1. The lowest BCUT2D eigenvalue weighted by Gasteiger charge is -2.24. The summed E-state index contributed by atoms with van der Waals surface area (Å²) < 4.78 is 5.33. The van der Waals surface area contributed by atoms with Crippen molar-refractivity contribution in [2.75, 3.05) is 7.05 Å². The zero-order valence-corrected chi connectivity index (χ0v) is 13.5. The summed E-state index contributed by atoms with van der Waals surface area (Å²) in [5.74, 6) is 0. The van der Waals surface area contributed by atoms with Crippen LogP contribution in [-0.2, 0) is 11.3 Å².